The van der Waals surface area contributed by atoms with Gasteiger partial charge in [-0.3, -0.25) is 4.79 Å². The van der Waals surface area contributed by atoms with Crippen LogP contribution in [0.4, 0.5) is 18.9 Å². The molecule has 1 heterocycles. The molecule has 2 nitrogen and oxygen atoms in total. The molecule has 5 heteroatoms. The number of hydrogen-bond acceptors (Lipinski definition) is 2. The van der Waals surface area contributed by atoms with Crippen LogP contribution in [-0.4, -0.2) is 12.8 Å². The molecule has 122 valence electrons. The summed E-state index contributed by atoms with van der Waals surface area (Å²) in [5.74, 6) is -0.338. The molecule has 3 rings (SSSR count). The second-order valence-electron chi connectivity index (χ2n) is 5.46. The predicted molar refractivity (Wildman–Crippen MR) is 87.7 cm³/mol. The molecule has 1 aliphatic rings. The van der Waals surface area contributed by atoms with Gasteiger partial charge in [0.05, 0.1) is 5.56 Å². The molecular weight excluding hydrogens is 315 g/mol. The molecule has 0 atom stereocenters. The van der Waals surface area contributed by atoms with Crippen molar-refractivity contribution in [2.75, 3.05) is 11.9 Å². The first kappa shape index (κ1) is 16.1. The minimum absolute atomic E-state index is 0.219. The van der Waals surface area contributed by atoms with Crippen molar-refractivity contribution in [3.05, 3.63) is 83.1 Å². The van der Waals surface area contributed by atoms with Crippen LogP contribution in [0.3, 0.4) is 0 Å². The maximum atomic E-state index is 12.6. The predicted octanol–water partition coefficient (Wildman–Crippen LogP) is 4.94. The van der Waals surface area contributed by atoms with Crippen LogP contribution >= 0.6 is 0 Å². The Hall–Kier alpha value is -2.82. The van der Waals surface area contributed by atoms with Crippen molar-refractivity contribution >= 4 is 17.5 Å². The summed E-state index contributed by atoms with van der Waals surface area (Å²) in [5, 5.41) is 0. The molecule has 0 bridgehead atoms. The number of likely N-dealkylation sites (N-methyl/N-ethyl adjacent to an activating group) is 1. The maximum Gasteiger partial charge on any atom is 0.416 e. The highest BCUT2D eigenvalue weighted by atomic mass is 19.4. The number of fused-ring (bicyclic) bond motifs is 1. The molecule has 24 heavy (non-hydrogen) atoms. The number of benzene rings is 2. The van der Waals surface area contributed by atoms with Gasteiger partial charge < -0.3 is 4.90 Å². The van der Waals surface area contributed by atoms with E-state index in [9.17, 15) is 18.0 Å². The second-order valence-corrected chi connectivity index (χ2v) is 5.46. The number of carbonyl (C=O) groups excluding carboxylic acids is 1. The largest absolute Gasteiger partial charge is 0.416 e. The Morgan fingerprint density at radius 1 is 1.00 bits per heavy atom. The van der Waals surface area contributed by atoms with Crippen molar-refractivity contribution in [3.63, 3.8) is 0 Å². The molecular formula is C19H14F3NO. The highest BCUT2D eigenvalue weighted by Gasteiger charge is 2.30. The van der Waals surface area contributed by atoms with Crippen molar-refractivity contribution in [1.82, 2.24) is 0 Å². The monoisotopic (exact) mass is 329 g/mol. The molecule has 0 N–H and O–H groups in total. The zero-order valence-electron chi connectivity index (χ0n) is 12.8. The van der Waals surface area contributed by atoms with Gasteiger partial charge in [-0.25, -0.2) is 0 Å². The highest BCUT2D eigenvalue weighted by molar-refractivity contribution is 6.05. The zero-order valence-corrected chi connectivity index (χ0v) is 12.8. The molecule has 0 saturated carbocycles. The first-order valence-electron chi connectivity index (χ1n) is 7.30. The summed E-state index contributed by atoms with van der Waals surface area (Å²) in [6.07, 6.45) is 0.733. The summed E-state index contributed by atoms with van der Waals surface area (Å²) >= 11 is 0. The standard InChI is InChI=1S/C19H14F3NO/c1-23-16(11-8-13-4-2-3-5-17(13)23)12-18(24)14-6-9-15(10-7-14)19(20,21)22/h2-12H,1H3/b16-12-. The quantitative estimate of drug-likeness (QED) is 0.575. The molecule has 0 amide bonds. The van der Waals surface area contributed by atoms with Crippen molar-refractivity contribution in [2.45, 2.75) is 6.18 Å². The van der Waals surface area contributed by atoms with Gasteiger partial charge in [0.25, 0.3) is 0 Å². The van der Waals surface area contributed by atoms with Crippen molar-refractivity contribution < 1.29 is 18.0 Å². The van der Waals surface area contributed by atoms with Gasteiger partial charge in [0.2, 0.25) is 0 Å². The maximum absolute atomic E-state index is 12.6. The molecule has 0 unspecified atom stereocenters. The summed E-state index contributed by atoms with van der Waals surface area (Å²) in [7, 11) is 1.84. The smallest absolute Gasteiger partial charge is 0.344 e. The van der Waals surface area contributed by atoms with E-state index in [0.29, 0.717) is 5.70 Å². The number of carbonyl (C=O) groups is 1. The molecule has 0 saturated heterocycles. The summed E-state index contributed by atoms with van der Waals surface area (Å²) in [4.78, 5) is 14.2. The van der Waals surface area contributed by atoms with Gasteiger partial charge in [0.15, 0.2) is 5.78 Å². The van der Waals surface area contributed by atoms with E-state index < -0.39 is 11.7 Å². The third-order valence-electron chi connectivity index (χ3n) is 3.89. The van der Waals surface area contributed by atoms with E-state index in [1.807, 2.05) is 48.4 Å². The van der Waals surface area contributed by atoms with Crippen molar-refractivity contribution in [3.8, 4) is 0 Å². The van der Waals surface area contributed by atoms with Gasteiger partial charge in [-0.05, 0) is 29.8 Å². The van der Waals surface area contributed by atoms with Crippen LogP contribution in [0.5, 0.6) is 0 Å². The number of ketones is 1. The molecule has 0 fully saturated rings. The number of allylic oxidation sites excluding steroid dienone is 2. The lowest BCUT2D eigenvalue weighted by Crippen LogP contribution is -2.19. The number of alkyl halides is 3. The van der Waals surface area contributed by atoms with Crippen LogP contribution < -0.4 is 4.90 Å². The Balaban J connectivity index is 1.86. The lowest BCUT2D eigenvalue weighted by atomic mass is 10.0. The first-order chi connectivity index (χ1) is 11.4. The lowest BCUT2D eigenvalue weighted by Gasteiger charge is -2.26. The molecule has 2 aromatic rings. The van der Waals surface area contributed by atoms with Gasteiger partial charge in [0.1, 0.15) is 0 Å². The zero-order chi connectivity index (χ0) is 17.3. The van der Waals surface area contributed by atoms with Crippen molar-refractivity contribution in [1.29, 1.82) is 0 Å². The minimum Gasteiger partial charge on any atom is -0.344 e. The Morgan fingerprint density at radius 3 is 2.33 bits per heavy atom. The van der Waals surface area contributed by atoms with Gasteiger partial charge in [0, 0.05) is 30.1 Å². The summed E-state index contributed by atoms with van der Waals surface area (Å²) in [5.41, 5.74) is 2.13. The minimum atomic E-state index is -4.41. The number of para-hydroxylation sites is 1. The number of rotatable bonds is 2. The fraction of sp³-hybridized carbons (Fsp3) is 0.105. The van der Waals surface area contributed by atoms with Gasteiger partial charge in [-0.15, -0.1) is 0 Å². The third kappa shape index (κ3) is 3.11. The van der Waals surface area contributed by atoms with Crippen LogP contribution in [0.15, 0.2) is 66.4 Å². The van der Waals surface area contributed by atoms with E-state index in [1.165, 1.54) is 18.2 Å². The lowest BCUT2D eigenvalue weighted by molar-refractivity contribution is -0.137. The van der Waals surface area contributed by atoms with E-state index in [-0.39, 0.29) is 11.3 Å². The normalized spacial score (nSPS) is 15.5. The summed E-state index contributed by atoms with van der Waals surface area (Å²) in [6, 6.07) is 12.0. The Kier molecular flexibility index (Phi) is 4.01. The van der Waals surface area contributed by atoms with Crippen LogP contribution in [0.2, 0.25) is 0 Å². The van der Waals surface area contributed by atoms with E-state index in [2.05, 4.69) is 0 Å². The highest BCUT2D eigenvalue weighted by Crippen LogP contribution is 2.30. The molecule has 2 aromatic carbocycles. The summed E-state index contributed by atoms with van der Waals surface area (Å²) in [6.45, 7) is 0. The number of anilines is 1. The Morgan fingerprint density at radius 2 is 1.67 bits per heavy atom. The van der Waals surface area contributed by atoms with Crippen LogP contribution in [0, 0.1) is 0 Å². The van der Waals surface area contributed by atoms with Crippen LogP contribution in [0.1, 0.15) is 21.5 Å². The van der Waals surface area contributed by atoms with E-state index in [4.69, 9.17) is 0 Å². The van der Waals surface area contributed by atoms with Crippen LogP contribution in [-0.2, 0) is 6.18 Å². The van der Waals surface area contributed by atoms with Gasteiger partial charge in [-0.1, -0.05) is 36.4 Å². The molecule has 0 aliphatic carbocycles. The van der Waals surface area contributed by atoms with E-state index in [1.54, 1.807) is 0 Å². The van der Waals surface area contributed by atoms with E-state index >= 15 is 0 Å². The molecule has 0 spiro atoms. The first-order valence-corrected chi connectivity index (χ1v) is 7.30. The van der Waals surface area contributed by atoms with Crippen molar-refractivity contribution in [2.24, 2.45) is 0 Å². The summed E-state index contributed by atoms with van der Waals surface area (Å²) < 4.78 is 37.7. The second kappa shape index (κ2) is 6.00. The molecule has 0 radical (unpaired) electrons. The number of nitrogens with zero attached hydrogens (tertiary/aromatic N) is 1. The Bertz CT molecular complexity index is 832. The molecule has 0 aromatic heterocycles. The number of hydrogen-bond donors (Lipinski definition) is 0. The fourth-order valence-electron chi connectivity index (χ4n) is 2.55. The fourth-order valence-corrected chi connectivity index (χ4v) is 2.55. The SMILES string of the molecule is CN1/C(=C\C(=O)c2ccc(C(F)(F)F)cc2)C=Cc2ccccc21. The Labute approximate surface area is 137 Å². The van der Waals surface area contributed by atoms with Gasteiger partial charge >= 0.3 is 6.18 Å². The average molecular weight is 329 g/mol. The van der Waals surface area contributed by atoms with Gasteiger partial charge in [-0.2, -0.15) is 13.2 Å². The van der Waals surface area contributed by atoms with Crippen LogP contribution in [0.25, 0.3) is 6.08 Å². The number of halogens is 3. The third-order valence-corrected chi connectivity index (χ3v) is 3.89. The average Bonchev–Trinajstić information content (AvgIpc) is 2.57. The topological polar surface area (TPSA) is 20.3 Å². The van der Waals surface area contributed by atoms with E-state index in [0.717, 1.165) is 23.4 Å². The molecule has 1 aliphatic heterocycles.